The number of carboxylic acids is 1. The standard InChI is InChI=1S/C20H33N7O7/c1-3-10(2)16(20(33)34)27-19(32)14(8-28)26-18(31)13(4-5-15(22)29)25-17(30)12(21)6-11-7-23-9-24-11/h7,9-10,12-14,16,28H,3-6,8,21H2,1-2H3,(H2,22,29)(H,23,24)(H,25,30)(H,26,31)(H,27,32)(H,33,34). The molecule has 1 heterocycles. The number of primary amides is 1. The number of H-pyrrole nitrogens is 1. The summed E-state index contributed by atoms with van der Waals surface area (Å²) in [4.78, 5) is 67.0. The Labute approximate surface area is 196 Å². The van der Waals surface area contributed by atoms with Crippen LogP contribution in [0.3, 0.4) is 0 Å². The average molecular weight is 484 g/mol. The van der Waals surface area contributed by atoms with Crippen LogP contribution < -0.4 is 27.4 Å². The molecule has 34 heavy (non-hydrogen) atoms. The molecule has 0 radical (unpaired) electrons. The number of aliphatic hydroxyl groups is 1. The molecule has 0 saturated carbocycles. The first kappa shape index (κ1) is 28.5. The normalized spacial score (nSPS) is 15.3. The third-order valence-electron chi connectivity index (χ3n) is 5.24. The molecule has 190 valence electrons. The molecule has 4 amide bonds. The molecule has 0 aliphatic heterocycles. The number of hydrogen-bond donors (Lipinski definition) is 8. The first-order chi connectivity index (χ1) is 16.0. The Morgan fingerprint density at radius 3 is 2.21 bits per heavy atom. The van der Waals surface area contributed by atoms with Crippen molar-refractivity contribution in [2.24, 2.45) is 17.4 Å². The van der Waals surface area contributed by atoms with Gasteiger partial charge in [-0.15, -0.1) is 0 Å². The number of imidazole rings is 1. The average Bonchev–Trinajstić information content (AvgIpc) is 3.29. The summed E-state index contributed by atoms with van der Waals surface area (Å²) in [6, 6.07) is -5.06. The van der Waals surface area contributed by atoms with Gasteiger partial charge < -0.3 is 42.6 Å². The number of nitrogens with one attached hydrogen (secondary N) is 4. The highest BCUT2D eigenvalue weighted by molar-refractivity contribution is 5.94. The minimum Gasteiger partial charge on any atom is -0.480 e. The lowest BCUT2D eigenvalue weighted by molar-refractivity contribution is -0.144. The molecule has 1 rings (SSSR count). The molecule has 1 aromatic rings. The molecule has 1 aromatic heterocycles. The zero-order valence-electron chi connectivity index (χ0n) is 19.1. The van der Waals surface area contributed by atoms with Crippen molar-refractivity contribution >= 4 is 29.6 Å². The van der Waals surface area contributed by atoms with Crippen LogP contribution in [0.2, 0.25) is 0 Å². The number of rotatable bonds is 15. The molecule has 0 bridgehead atoms. The topological polar surface area (TPSA) is 243 Å². The Kier molecular flexibility index (Phi) is 11.7. The third kappa shape index (κ3) is 9.15. The minimum atomic E-state index is -1.50. The van der Waals surface area contributed by atoms with Crippen molar-refractivity contribution in [2.45, 2.75) is 63.7 Å². The van der Waals surface area contributed by atoms with E-state index in [9.17, 15) is 34.2 Å². The predicted molar refractivity (Wildman–Crippen MR) is 119 cm³/mol. The number of carbonyl (C=O) groups excluding carboxylic acids is 4. The quantitative estimate of drug-likeness (QED) is 0.127. The van der Waals surface area contributed by atoms with E-state index in [1.165, 1.54) is 12.5 Å². The molecule has 0 aromatic carbocycles. The number of aromatic amines is 1. The van der Waals surface area contributed by atoms with Crippen LogP contribution in [0.4, 0.5) is 0 Å². The van der Waals surface area contributed by atoms with Gasteiger partial charge in [0.25, 0.3) is 0 Å². The van der Waals surface area contributed by atoms with Crippen LogP contribution in [0.5, 0.6) is 0 Å². The number of carbonyl (C=O) groups is 5. The van der Waals surface area contributed by atoms with E-state index in [2.05, 4.69) is 25.9 Å². The second-order valence-corrected chi connectivity index (χ2v) is 7.91. The monoisotopic (exact) mass is 483 g/mol. The van der Waals surface area contributed by atoms with Crippen molar-refractivity contribution < 1.29 is 34.2 Å². The second kappa shape index (κ2) is 13.9. The van der Waals surface area contributed by atoms with E-state index in [1.807, 2.05) is 0 Å². The predicted octanol–water partition coefficient (Wildman–Crippen LogP) is -2.88. The van der Waals surface area contributed by atoms with E-state index in [1.54, 1.807) is 13.8 Å². The molecular weight excluding hydrogens is 450 g/mol. The zero-order valence-corrected chi connectivity index (χ0v) is 19.1. The van der Waals surface area contributed by atoms with E-state index in [0.717, 1.165) is 0 Å². The van der Waals surface area contributed by atoms with Gasteiger partial charge in [0, 0.05) is 24.7 Å². The van der Waals surface area contributed by atoms with E-state index in [-0.39, 0.29) is 19.3 Å². The molecule has 5 unspecified atom stereocenters. The fourth-order valence-electron chi connectivity index (χ4n) is 2.96. The molecule has 0 aliphatic carbocycles. The van der Waals surface area contributed by atoms with E-state index >= 15 is 0 Å². The van der Waals surface area contributed by atoms with Gasteiger partial charge in [-0.1, -0.05) is 20.3 Å². The smallest absolute Gasteiger partial charge is 0.326 e. The zero-order chi connectivity index (χ0) is 25.8. The first-order valence-electron chi connectivity index (χ1n) is 10.8. The van der Waals surface area contributed by atoms with Gasteiger partial charge in [-0.3, -0.25) is 19.2 Å². The van der Waals surface area contributed by atoms with Crippen LogP contribution in [-0.2, 0) is 30.4 Å². The Morgan fingerprint density at radius 2 is 1.71 bits per heavy atom. The van der Waals surface area contributed by atoms with Gasteiger partial charge in [0.15, 0.2) is 0 Å². The molecule has 14 heteroatoms. The molecule has 0 saturated heterocycles. The lowest BCUT2D eigenvalue weighted by Gasteiger charge is -2.25. The van der Waals surface area contributed by atoms with Crippen LogP contribution in [0.15, 0.2) is 12.5 Å². The number of nitrogens with two attached hydrogens (primary N) is 2. The van der Waals surface area contributed by atoms with Gasteiger partial charge in [-0.05, 0) is 12.3 Å². The summed E-state index contributed by atoms with van der Waals surface area (Å²) < 4.78 is 0. The molecule has 0 fully saturated rings. The summed E-state index contributed by atoms with van der Waals surface area (Å²) in [5, 5.41) is 25.9. The van der Waals surface area contributed by atoms with Gasteiger partial charge in [0.1, 0.15) is 18.1 Å². The Morgan fingerprint density at radius 1 is 1.09 bits per heavy atom. The van der Waals surface area contributed by atoms with Crippen LogP contribution in [0, 0.1) is 5.92 Å². The summed E-state index contributed by atoms with van der Waals surface area (Å²) in [7, 11) is 0. The summed E-state index contributed by atoms with van der Waals surface area (Å²) in [6.07, 6.45) is 3.03. The van der Waals surface area contributed by atoms with Crippen molar-refractivity contribution in [1.82, 2.24) is 25.9 Å². The van der Waals surface area contributed by atoms with Gasteiger partial charge in [0.05, 0.1) is 19.0 Å². The molecule has 10 N–H and O–H groups in total. The van der Waals surface area contributed by atoms with Crippen molar-refractivity contribution in [3.63, 3.8) is 0 Å². The number of aromatic nitrogens is 2. The van der Waals surface area contributed by atoms with E-state index in [0.29, 0.717) is 12.1 Å². The minimum absolute atomic E-state index is 0.101. The number of aliphatic hydroxyl groups excluding tert-OH is 1. The van der Waals surface area contributed by atoms with Crippen molar-refractivity contribution in [3.05, 3.63) is 18.2 Å². The molecule has 0 spiro atoms. The maximum atomic E-state index is 12.8. The van der Waals surface area contributed by atoms with Crippen molar-refractivity contribution in [3.8, 4) is 0 Å². The summed E-state index contributed by atoms with van der Waals surface area (Å²) >= 11 is 0. The summed E-state index contributed by atoms with van der Waals surface area (Å²) in [5.74, 6) is -4.89. The second-order valence-electron chi connectivity index (χ2n) is 7.91. The van der Waals surface area contributed by atoms with Gasteiger partial charge >= 0.3 is 5.97 Å². The Bertz CT molecular complexity index is 846. The maximum absolute atomic E-state index is 12.8. The van der Waals surface area contributed by atoms with Crippen LogP contribution >= 0.6 is 0 Å². The first-order valence-corrected chi connectivity index (χ1v) is 10.8. The number of aliphatic carboxylic acids is 1. The van der Waals surface area contributed by atoms with Gasteiger partial charge in [0.2, 0.25) is 23.6 Å². The Hall–Kier alpha value is -3.52. The van der Waals surface area contributed by atoms with Gasteiger partial charge in [-0.2, -0.15) is 0 Å². The fourth-order valence-corrected chi connectivity index (χ4v) is 2.96. The van der Waals surface area contributed by atoms with Crippen LogP contribution in [-0.4, -0.2) is 80.6 Å². The molecule has 14 nitrogen and oxygen atoms in total. The van der Waals surface area contributed by atoms with Crippen molar-refractivity contribution in [1.29, 1.82) is 0 Å². The number of carboxylic acid groups (broad SMARTS) is 1. The largest absolute Gasteiger partial charge is 0.480 e. The fraction of sp³-hybridized carbons (Fsp3) is 0.600. The SMILES string of the molecule is CCC(C)C(NC(=O)C(CO)NC(=O)C(CCC(N)=O)NC(=O)C(N)Cc1cnc[nH]1)C(=O)O. The lowest BCUT2D eigenvalue weighted by Crippen LogP contribution is -2.58. The highest BCUT2D eigenvalue weighted by atomic mass is 16.4. The highest BCUT2D eigenvalue weighted by Crippen LogP contribution is 2.08. The van der Waals surface area contributed by atoms with E-state index in [4.69, 9.17) is 11.5 Å². The van der Waals surface area contributed by atoms with Crippen molar-refractivity contribution in [2.75, 3.05) is 6.61 Å². The molecule has 5 atom stereocenters. The third-order valence-corrected chi connectivity index (χ3v) is 5.24. The highest BCUT2D eigenvalue weighted by Gasteiger charge is 2.31. The molecule has 0 aliphatic rings. The summed E-state index contributed by atoms with van der Waals surface area (Å²) in [6.45, 7) is 2.55. The van der Waals surface area contributed by atoms with E-state index < -0.39 is 66.3 Å². The maximum Gasteiger partial charge on any atom is 0.326 e. The van der Waals surface area contributed by atoms with Gasteiger partial charge in [-0.25, -0.2) is 9.78 Å². The summed E-state index contributed by atoms with van der Waals surface area (Å²) in [5.41, 5.74) is 11.6. The Balaban J connectivity index is 2.87. The van der Waals surface area contributed by atoms with Crippen LogP contribution in [0.25, 0.3) is 0 Å². The number of nitrogens with zero attached hydrogens (tertiary/aromatic N) is 1. The molecular formula is C20H33N7O7. The lowest BCUT2D eigenvalue weighted by atomic mass is 9.99. The number of amides is 4. The van der Waals surface area contributed by atoms with Crippen LogP contribution in [0.1, 0.15) is 38.8 Å². The number of hydrogen-bond acceptors (Lipinski definition) is 8.